The van der Waals surface area contributed by atoms with Crippen molar-refractivity contribution >= 4 is 42.6 Å². The Morgan fingerprint density at radius 3 is 2.37 bits per heavy atom. The minimum atomic E-state index is -3.57. The lowest BCUT2D eigenvalue weighted by Crippen LogP contribution is -2.31. The smallest absolute Gasteiger partial charge is 0.260 e. The molecule has 0 aliphatic heterocycles. The van der Waals surface area contributed by atoms with E-state index in [1.807, 2.05) is 43.3 Å². The number of sulfonamides is 1. The predicted molar refractivity (Wildman–Crippen MR) is 140 cm³/mol. The van der Waals surface area contributed by atoms with Gasteiger partial charge in [-0.15, -0.1) is 0 Å². The monoisotopic (exact) mass is 505 g/mol. The van der Waals surface area contributed by atoms with Crippen LogP contribution in [0.5, 0.6) is 0 Å². The highest BCUT2D eigenvalue weighted by Gasteiger charge is 2.35. The molecule has 1 saturated carbocycles. The number of rotatable bonds is 7. The van der Waals surface area contributed by atoms with Crippen LogP contribution in [-0.4, -0.2) is 36.7 Å². The van der Waals surface area contributed by atoms with Crippen LogP contribution in [-0.2, 0) is 16.6 Å². The second-order valence-electron chi connectivity index (χ2n) is 9.08. The molecule has 1 fully saturated rings. The fraction of sp³-hybridized carbons (Fsp3) is 0.259. The maximum atomic E-state index is 13.7. The number of nitrogens with zero attached hydrogens (tertiary/aromatic N) is 3. The number of fused-ring (bicyclic) bond motifs is 1. The van der Waals surface area contributed by atoms with Gasteiger partial charge < -0.3 is 0 Å². The van der Waals surface area contributed by atoms with Gasteiger partial charge in [-0.05, 0) is 73.7 Å². The van der Waals surface area contributed by atoms with Crippen LogP contribution in [0.1, 0.15) is 39.9 Å². The molecule has 8 heteroatoms. The van der Waals surface area contributed by atoms with Crippen LogP contribution in [0.3, 0.4) is 0 Å². The fourth-order valence-corrected chi connectivity index (χ4v) is 6.63. The minimum Gasteiger partial charge on any atom is -0.279 e. The van der Waals surface area contributed by atoms with Crippen molar-refractivity contribution < 1.29 is 13.2 Å². The van der Waals surface area contributed by atoms with Gasteiger partial charge in [0.05, 0.1) is 21.7 Å². The van der Waals surface area contributed by atoms with Gasteiger partial charge in [-0.3, -0.25) is 9.69 Å². The van der Waals surface area contributed by atoms with E-state index in [1.165, 1.54) is 27.8 Å². The van der Waals surface area contributed by atoms with Crippen molar-refractivity contribution in [2.75, 3.05) is 11.9 Å². The molecule has 1 aliphatic carbocycles. The van der Waals surface area contributed by atoms with Gasteiger partial charge in [-0.2, -0.15) is 4.31 Å². The Kier molecular flexibility index (Phi) is 6.21. The SMILES string of the molecule is Cc1cc(C)c2sc(N(Cc3ccccc3)C(=O)c3ccc(S(=O)(=O)N(C)C4CC4)cc3)nc2c1. The molecule has 1 aliphatic rings. The predicted octanol–water partition coefficient (Wildman–Crippen LogP) is 5.54. The van der Waals surface area contributed by atoms with Gasteiger partial charge in [0, 0.05) is 18.7 Å². The van der Waals surface area contributed by atoms with Crippen molar-refractivity contribution in [3.8, 4) is 0 Å². The van der Waals surface area contributed by atoms with Crippen molar-refractivity contribution in [2.45, 2.75) is 44.2 Å². The highest BCUT2D eigenvalue weighted by molar-refractivity contribution is 7.89. The Morgan fingerprint density at radius 1 is 1.03 bits per heavy atom. The van der Waals surface area contributed by atoms with Crippen LogP contribution in [0.4, 0.5) is 5.13 Å². The van der Waals surface area contributed by atoms with Gasteiger partial charge in [-0.25, -0.2) is 13.4 Å². The summed E-state index contributed by atoms with van der Waals surface area (Å²) in [6, 6.07) is 20.2. The zero-order valence-electron chi connectivity index (χ0n) is 19.9. The Labute approximate surface area is 209 Å². The normalized spacial score (nSPS) is 13.9. The molecule has 0 N–H and O–H groups in total. The van der Waals surface area contributed by atoms with Crippen molar-refractivity contribution in [3.05, 3.63) is 89.0 Å². The molecular weight excluding hydrogens is 478 g/mol. The lowest BCUT2D eigenvalue weighted by atomic mass is 10.1. The fourth-order valence-electron chi connectivity index (χ4n) is 4.20. The average molecular weight is 506 g/mol. The maximum absolute atomic E-state index is 13.7. The van der Waals surface area contributed by atoms with E-state index >= 15 is 0 Å². The van der Waals surface area contributed by atoms with Crippen molar-refractivity contribution in [1.29, 1.82) is 0 Å². The Hall–Kier alpha value is -3.07. The van der Waals surface area contributed by atoms with Crippen molar-refractivity contribution in [1.82, 2.24) is 9.29 Å². The summed E-state index contributed by atoms with van der Waals surface area (Å²) < 4.78 is 28.2. The first-order valence-electron chi connectivity index (χ1n) is 11.6. The van der Waals surface area contributed by atoms with Gasteiger partial charge >= 0.3 is 0 Å². The highest BCUT2D eigenvalue weighted by Crippen LogP contribution is 2.34. The molecule has 0 bridgehead atoms. The zero-order valence-corrected chi connectivity index (χ0v) is 21.6. The van der Waals surface area contributed by atoms with E-state index in [0.29, 0.717) is 17.2 Å². The van der Waals surface area contributed by atoms with Crippen molar-refractivity contribution in [2.24, 2.45) is 0 Å². The molecule has 0 saturated heterocycles. The number of anilines is 1. The van der Waals surface area contributed by atoms with Crippen LogP contribution >= 0.6 is 11.3 Å². The number of carbonyl (C=O) groups is 1. The quantitative estimate of drug-likeness (QED) is 0.331. The molecule has 0 atom stereocenters. The summed E-state index contributed by atoms with van der Waals surface area (Å²) in [6.45, 7) is 4.45. The van der Waals surface area contributed by atoms with Gasteiger partial charge in [0.25, 0.3) is 5.91 Å². The molecule has 180 valence electrons. The number of benzene rings is 3. The molecule has 6 nitrogen and oxygen atoms in total. The van der Waals surface area contributed by atoms with Crippen LogP contribution in [0, 0.1) is 13.8 Å². The molecule has 0 unspecified atom stereocenters. The summed E-state index contributed by atoms with van der Waals surface area (Å²) in [5.41, 5.74) is 4.53. The lowest BCUT2D eigenvalue weighted by Gasteiger charge is -2.21. The van der Waals surface area contributed by atoms with E-state index in [2.05, 4.69) is 13.0 Å². The molecule has 0 radical (unpaired) electrons. The topological polar surface area (TPSA) is 70.6 Å². The second-order valence-corrected chi connectivity index (χ2v) is 12.1. The van der Waals surface area contributed by atoms with Crippen LogP contribution in [0.15, 0.2) is 71.6 Å². The number of aryl methyl sites for hydroxylation is 2. The summed E-state index contributed by atoms with van der Waals surface area (Å²) in [6.07, 6.45) is 1.78. The minimum absolute atomic E-state index is 0.0776. The summed E-state index contributed by atoms with van der Waals surface area (Å²) >= 11 is 1.50. The molecule has 5 rings (SSSR count). The molecule has 1 aromatic heterocycles. The van der Waals surface area contributed by atoms with E-state index in [1.54, 1.807) is 24.1 Å². The molecule has 1 amide bonds. The molecule has 3 aromatic carbocycles. The van der Waals surface area contributed by atoms with Crippen LogP contribution < -0.4 is 4.90 Å². The number of aromatic nitrogens is 1. The number of carbonyl (C=O) groups excluding carboxylic acids is 1. The van der Waals surface area contributed by atoms with E-state index in [9.17, 15) is 13.2 Å². The average Bonchev–Trinajstić information content (AvgIpc) is 3.61. The van der Waals surface area contributed by atoms with Gasteiger partial charge in [0.15, 0.2) is 5.13 Å². The first-order valence-corrected chi connectivity index (χ1v) is 13.8. The van der Waals surface area contributed by atoms with Crippen LogP contribution in [0.2, 0.25) is 0 Å². The zero-order chi connectivity index (χ0) is 24.7. The third-order valence-corrected chi connectivity index (χ3v) is 9.46. The molecule has 1 heterocycles. The third-order valence-electron chi connectivity index (χ3n) is 6.31. The lowest BCUT2D eigenvalue weighted by molar-refractivity contribution is 0.0985. The Morgan fingerprint density at radius 2 is 1.71 bits per heavy atom. The number of amides is 1. The first-order chi connectivity index (χ1) is 16.7. The molecule has 4 aromatic rings. The molecule has 35 heavy (non-hydrogen) atoms. The maximum Gasteiger partial charge on any atom is 0.260 e. The first kappa shape index (κ1) is 23.7. The van der Waals surface area contributed by atoms with E-state index < -0.39 is 10.0 Å². The standard InChI is InChI=1S/C27H27N3O3S2/c1-18-15-19(2)25-24(16-18)28-27(34-25)30(17-20-7-5-4-6-8-20)26(31)21-9-13-23(14-10-21)35(32,33)29(3)22-11-12-22/h4-10,13-16,22H,11-12,17H2,1-3H3. The van der Waals surface area contributed by atoms with Crippen molar-refractivity contribution in [3.63, 3.8) is 0 Å². The third kappa shape index (κ3) is 4.74. The largest absolute Gasteiger partial charge is 0.279 e. The second kappa shape index (κ2) is 9.18. The summed E-state index contributed by atoms with van der Waals surface area (Å²) in [5.74, 6) is -0.221. The van der Waals surface area contributed by atoms with Gasteiger partial charge in [0.1, 0.15) is 0 Å². The molecular formula is C27H27N3O3S2. The number of hydrogen-bond donors (Lipinski definition) is 0. The van der Waals surface area contributed by atoms with E-state index in [4.69, 9.17) is 4.98 Å². The van der Waals surface area contributed by atoms with Gasteiger partial charge in [-0.1, -0.05) is 47.7 Å². The van der Waals surface area contributed by atoms with Gasteiger partial charge in [0.2, 0.25) is 10.0 Å². The Bertz CT molecular complexity index is 1490. The number of thiazole rings is 1. The summed E-state index contributed by atoms with van der Waals surface area (Å²) in [4.78, 5) is 20.4. The van der Waals surface area contributed by atoms with E-state index in [0.717, 1.165) is 39.7 Å². The van der Waals surface area contributed by atoms with Crippen LogP contribution in [0.25, 0.3) is 10.2 Å². The summed E-state index contributed by atoms with van der Waals surface area (Å²) in [5, 5.41) is 0.618. The number of hydrogen-bond acceptors (Lipinski definition) is 5. The summed E-state index contributed by atoms with van der Waals surface area (Å²) in [7, 11) is -1.95. The Balaban J connectivity index is 1.50. The highest BCUT2D eigenvalue weighted by atomic mass is 32.2. The van der Waals surface area contributed by atoms with E-state index in [-0.39, 0.29) is 16.8 Å². The molecule has 0 spiro atoms.